The first-order chi connectivity index (χ1) is 14.8. The number of imidazole rings is 1. The molecule has 0 radical (unpaired) electrons. The van der Waals surface area contributed by atoms with E-state index >= 15 is 0 Å². The molecule has 0 aliphatic carbocycles. The molecule has 0 unspecified atom stereocenters. The molecule has 0 saturated heterocycles. The molecule has 0 aliphatic heterocycles. The number of hydrogen-bond acceptors (Lipinski definition) is 1. The van der Waals surface area contributed by atoms with Crippen LogP contribution < -0.4 is 0 Å². The number of aromatic nitrogens is 2. The van der Waals surface area contributed by atoms with Crippen LogP contribution in [0.4, 0.5) is 0 Å². The number of pyridine rings is 1. The highest BCUT2D eigenvalue weighted by molar-refractivity contribution is 9.10. The minimum Gasteiger partial charge on any atom is -0.292 e. The zero-order valence-corrected chi connectivity index (χ0v) is 17.7. The van der Waals surface area contributed by atoms with Crippen molar-refractivity contribution in [2.75, 3.05) is 0 Å². The summed E-state index contributed by atoms with van der Waals surface area (Å²) in [6.07, 6.45) is 0. The van der Waals surface area contributed by atoms with Crippen molar-refractivity contribution in [1.82, 2.24) is 9.38 Å². The zero-order chi connectivity index (χ0) is 20.1. The largest absolute Gasteiger partial charge is 0.292 e. The Morgan fingerprint density at radius 3 is 2.00 bits per heavy atom. The number of fused-ring (bicyclic) bond motifs is 5. The molecule has 6 rings (SSSR count). The van der Waals surface area contributed by atoms with E-state index in [4.69, 9.17) is 4.98 Å². The average Bonchev–Trinajstić information content (AvgIpc) is 3.19. The van der Waals surface area contributed by atoms with Gasteiger partial charge in [0.2, 0.25) is 0 Å². The Kier molecular flexibility index (Phi) is 3.96. The smallest absolute Gasteiger partial charge is 0.147 e. The fourth-order valence-electron chi connectivity index (χ4n) is 4.36. The fourth-order valence-corrected chi connectivity index (χ4v) is 4.62. The molecule has 0 aliphatic rings. The first-order valence-electron chi connectivity index (χ1n) is 9.94. The molecular weight excluding hydrogens is 432 g/mol. The molecule has 6 aromatic rings. The monoisotopic (exact) mass is 448 g/mol. The van der Waals surface area contributed by atoms with E-state index in [9.17, 15) is 0 Å². The summed E-state index contributed by atoms with van der Waals surface area (Å²) in [6, 6.07) is 36.1. The van der Waals surface area contributed by atoms with E-state index in [1.165, 1.54) is 22.0 Å². The Balaban J connectivity index is 1.90. The Morgan fingerprint density at radius 2 is 1.20 bits per heavy atom. The molecule has 0 saturated carbocycles. The van der Waals surface area contributed by atoms with Crippen LogP contribution in [0.5, 0.6) is 0 Å². The standard InChI is InChI=1S/C27H17BrN2/c28-20-16-14-19(15-17-20)26-25(18-8-2-1-3-9-18)21-10-4-6-12-23(21)30-24-13-7-5-11-22(24)29-27(26)30/h1-17H. The normalized spacial score (nSPS) is 11.5. The van der Waals surface area contributed by atoms with Crippen molar-refractivity contribution in [1.29, 1.82) is 0 Å². The highest BCUT2D eigenvalue weighted by Gasteiger charge is 2.20. The molecule has 0 fully saturated rings. The SMILES string of the molecule is Brc1ccc(-c2c(-c3ccccc3)c3ccccc3n3c2nc2ccccc23)cc1. The van der Waals surface area contributed by atoms with Crippen molar-refractivity contribution < 1.29 is 0 Å². The maximum atomic E-state index is 5.10. The van der Waals surface area contributed by atoms with E-state index in [0.29, 0.717) is 0 Å². The number of nitrogens with zero attached hydrogens (tertiary/aromatic N) is 2. The molecular formula is C27H17BrN2. The van der Waals surface area contributed by atoms with Crippen molar-refractivity contribution in [3.8, 4) is 22.3 Å². The van der Waals surface area contributed by atoms with Crippen LogP contribution in [0.15, 0.2) is 108 Å². The third kappa shape index (κ3) is 2.59. The number of hydrogen-bond donors (Lipinski definition) is 0. The predicted molar refractivity (Wildman–Crippen MR) is 129 cm³/mol. The van der Waals surface area contributed by atoms with Gasteiger partial charge in [-0.05, 0) is 41.5 Å². The summed E-state index contributed by atoms with van der Waals surface area (Å²) in [4.78, 5) is 5.10. The Bertz CT molecular complexity index is 1530. The molecule has 2 heterocycles. The second-order valence-corrected chi connectivity index (χ2v) is 8.32. The van der Waals surface area contributed by atoms with Gasteiger partial charge in [0.25, 0.3) is 0 Å². The van der Waals surface area contributed by atoms with E-state index < -0.39 is 0 Å². The summed E-state index contributed by atoms with van der Waals surface area (Å²) < 4.78 is 3.37. The van der Waals surface area contributed by atoms with Crippen LogP contribution in [-0.4, -0.2) is 9.38 Å². The van der Waals surface area contributed by atoms with E-state index in [1.54, 1.807) is 0 Å². The molecule has 2 aromatic heterocycles. The van der Waals surface area contributed by atoms with Gasteiger partial charge < -0.3 is 0 Å². The second-order valence-electron chi connectivity index (χ2n) is 7.40. The molecule has 142 valence electrons. The van der Waals surface area contributed by atoms with Gasteiger partial charge in [-0.2, -0.15) is 0 Å². The maximum absolute atomic E-state index is 5.10. The van der Waals surface area contributed by atoms with Crippen LogP contribution in [-0.2, 0) is 0 Å². The van der Waals surface area contributed by atoms with Gasteiger partial charge in [0.15, 0.2) is 0 Å². The summed E-state index contributed by atoms with van der Waals surface area (Å²) in [7, 11) is 0. The Labute approximate surface area is 182 Å². The van der Waals surface area contributed by atoms with Gasteiger partial charge in [0, 0.05) is 21.0 Å². The third-order valence-corrected chi connectivity index (χ3v) is 6.17. The molecule has 3 heteroatoms. The van der Waals surface area contributed by atoms with Crippen molar-refractivity contribution in [2.24, 2.45) is 0 Å². The van der Waals surface area contributed by atoms with E-state index in [-0.39, 0.29) is 0 Å². The number of benzene rings is 4. The number of halogens is 1. The molecule has 0 atom stereocenters. The third-order valence-electron chi connectivity index (χ3n) is 5.64. The van der Waals surface area contributed by atoms with Crippen molar-refractivity contribution >= 4 is 43.5 Å². The van der Waals surface area contributed by atoms with Crippen LogP contribution in [0.25, 0.3) is 49.8 Å². The maximum Gasteiger partial charge on any atom is 0.147 e. The van der Waals surface area contributed by atoms with Crippen molar-refractivity contribution in [2.45, 2.75) is 0 Å². The molecule has 2 nitrogen and oxygen atoms in total. The van der Waals surface area contributed by atoms with Crippen LogP contribution in [0.3, 0.4) is 0 Å². The van der Waals surface area contributed by atoms with E-state index in [1.807, 2.05) is 6.07 Å². The van der Waals surface area contributed by atoms with Crippen molar-refractivity contribution in [3.05, 3.63) is 108 Å². The van der Waals surface area contributed by atoms with Gasteiger partial charge in [-0.15, -0.1) is 0 Å². The lowest BCUT2D eigenvalue weighted by molar-refractivity contribution is 1.30. The number of rotatable bonds is 2. The summed E-state index contributed by atoms with van der Waals surface area (Å²) in [6.45, 7) is 0. The average molecular weight is 449 g/mol. The van der Waals surface area contributed by atoms with Gasteiger partial charge in [-0.25, -0.2) is 4.98 Å². The minimum atomic E-state index is 0.982. The van der Waals surface area contributed by atoms with Gasteiger partial charge in [-0.3, -0.25) is 4.40 Å². The molecule has 30 heavy (non-hydrogen) atoms. The molecule has 0 amide bonds. The fraction of sp³-hybridized carbons (Fsp3) is 0. The first-order valence-corrected chi connectivity index (χ1v) is 10.7. The highest BCUT2D eigenvalue weighted by Crippen LogP contribution is 2.42. The minimum absolute atomic E-state index is 0.982. The lowest BCUT2D eigenvalue weighted by Gasteiger charge is -2.17. The highest BCUT2D eigenvalue weighted by atomic mass is 79.9. The summed E-state index contributed by atoms with van der Waals surface area (Å²) in [5, 5.41) is 1.22. The van der Waals surface area contributed by atoms with Crippen molar-refractivity contribution in [3.63, 3.8) is 0 Å². The quantitative estimate of drug-likeness (QED) is 0.264. The topological polar surface area (TPSA) is 17.3 Å². The molecule has 4 aromatic carbocycles. The molecule has 0 spiro atoms. The Hall–Kier alpha value is -3.43. The first kappa shape index (κ1) is 17.4. The van der Waals surface area contributed by atoms with E-state index in [0.717, 1.165) is 32.3 Å². The summed E-state index contributed by atoms with van der Waals surface area (Å²) in [5.74, 6) is 0. The summed E-state index contributed by atoms with van der Waals surface area (Å²) in [5.41, 5.74) is 9.01. The predicted octanol–water partition coefficient (Wildman–Crippen LogP) is 7.74. The van der Waals surface area contributed by atoms with Gasteiger partial charge >= 0.3 is 0 Å². The van der Waals surface area contributed by atoms with Gasteiger partial charge in [-0.1, -0.05) is 88.7 Å². The lowest BCUT2D eigenvalue weighted by atomic mass is 9.92. The number of para-hydroxylation sites is 3. The van der Waals surface area contributed by atoms with Crippen LogP contribution >= 0.6 is 15.9 Å². The van der Waals surface area contributed by atoms with Gasteiger partial charge in [0.1, 0.15) is 5.65 Å². The molecule has 0 bridgehead atoms. The van der Waals surface area contributed by atoms with Crippen LogP contribution in [0.2, 0.25) is 0 Å². The lowest BCUT2D eigenvalue weighted by Crippen LogP contribution is -1.97. The van der Waals surface area contributed by atoms with Crippen LogP contribution in [0.1, 0.15) is 0 Å². The van der Waals surface area contributed by atoms with Gasteiger partial charge in [0.05, 0.1) is 16.6 Å². The molecule has 0 N–H and O–H groups in total. The zero-order valence-electron chi connectivity index (χ0n) is 16.1. The van der Waals surface area contributed by atoms with Crippen LogP contribution in [0, 0.1) is 0 Å². The summed E-state index contributed by atoms with van der Waals surface area (Å²) >= 11 is 3.58. The Morgan fingerprint density at radius 1 is 0.567 bits per heavy atom. The second kappa shape index (κ2) is 6.82. The van der Waals surface area contributed by atoms with E-state index in [2.05, 4.69) is 117 Å².